The zero-order chi connectivity index (χ0) is 12.2. The Balaban J connectivity index is 2.46. The smallest absolute Gasteiger partial charge is 0.148 e. The summed E-state index contributed by atoms with van der Waals surface area (Å²) in [5.41, 5.74) is 0. The van der Waals surface area contributed by atoms with Crippen LogP contribution < -0.4 is 5.32 Å². The van der Waals surface area contributed by atoms with Gasteiger partial charge >= 0.3 is 0 Å². The fraction of sp³-hybridized carbons (Fsp3) is 0.778. The van der Waals surface area contributed by atoms with Gasteiger partial charge in [-0.3, -0.25) is 0 Å². The van der Waals surface area contributed by atoms with Crippen LogP contribution in [0.15, 0.2) is 6.33 Å². The summed E-state index contributed by atoms with van der Waals surface area (Å²) in [6, 6.07) is -0.0861. The number of aryl methyl sites for hydroxylation is 1. The van der Waals surface area contributed by atoms with Crippen LogP contribution >= 0.6 is 0 Å². The van der Waals surface area contributed by atoms with E-state index in [0.717, 1.165) is 12.4 Å². The Morgan fingerprint density at radius 2 is 2.25 bits per heavy atom. The summed E-state index contributed by atoms with van der Waals surface area (Å²) in [6.07, 6.45) is 2.74. The zero-order valence-electron chi connectivity index (χ0n) is 9.84. The van der Waals surface area contributed by atoms with Gasteiger partial charge in [-0.2, -0.15) is 5.10 Å². The first-order valence-corrected chi connectivity index (χ1v) is 7.26. The van der Waals surface area contributed by atoms with Crippen LogP contribution in [0.2, 0.25) is 0 Å². The van der Waals surface area contributed by atoms with Crippen LogP contribution in [0, 0.1) is 0 Å². The van der Waals surface area contributed by atoms with E-state index in [1.807, 2.05) is 13.8 Å². The van der Waals surface area contributed by atoms with Crippen molar-refractivity contribution in [1.29, 1.82) is 0 Å². The van der Waals surface area contributed by atoms with Crippen LogP contribution in [-0.2, 0) is 22.9 Å². The number of nitrogens with one attached hydrogen (secondary N) is 1. The molecule has 0 aliphatic heterocycles. The van der Waals surface area contributed by atoms with Crippen molar-refractivity contribution in [3.63, 3.8) is 0 Å². The minimum atomic E-state index is -2.94. The number of rotatable bonds is 6. The predicted molar refractivity (Wildman–Crippen MR) is 61.7 cm³/mol. The molecular formula is C9H18N4O2S. The topological polar surface area (TPSA) is 76.9 Å². The highest BCUT2D eigenvalue weighted by Gasteiger charge is 2.11. The molecule has 0 spiro atoms. The molecule has 0 aromatic carbocycles. The molecule has 0 amide bonds. The summed E-state index contributed by atoms with van der Waals surface area (Å²) >= 11 is 0. The van der Waals surface area contributed by atoms with Crippen LogP contribution in [0.1, 0.15) is 19.7 Å². The lowest BCUT2D eigenvalue weighted by molar-refractivity contribution is 0.525. The Kier molecular flexibility index (Phi) is 4.43. The van der Waals surface area contributed by atoms with Crippen molar-refractivity contribution in [3.8, 4) is 0 Å². The third-order valence-electron chi connectivity index (χ3n) is 2.16. The van der Waals surface area contributed by atoms with Crippen LogP contribution in [-0.4, -0.2) is 41.2 Å². The molecule has 0 aliphatic rings. The second kappa shape index (κ2) is 5.40. The maximum atomic E-state index is 11.1. The maximum Gasteiger partial charge on any atom is 0.148 e. The highest BCUT2D eigenvalue weighted by Crippen LogP contribution is 1.96. The number of nitrogens with zero attached hydrogens (tertiary/aromatic N) is 3. The molecule has 0 saturated heterocycles. The number of aromatic nitrogens is 3. The molecule has 1 unspecified atom stereocenters. The first-order chi connectivity index (χ1) is 7.42. The largest absolute Gasteiger partial charge is 0.306 e. The van der Waals surface area contributed by atoms with Gasteiger partial charge < -0.3 is 5.32 Å². The van der Waals surface area contributed by atoms with Gasteiger partial charge in [-0.15, -0.1) is 0 Å². The molecule has 92 valence electrons. The predicted octanol–water partition coefficient (Wildman–Crippen LogP) is -0.179. The molecule has 0 radical (unpaired) electrons. The molecule has 1 aromatic rings. The van der Waals surface area contributed by atoms with Crippen molar-refractivity contribution in [2.45, 2.75) is 33.0 Å². The van der Waals surface area contributed by atoms with E-state index >= 15 is 0 Å². The Morgan fingerprint density at radius 1 is 1.56 bits per heavy atom. The van der Waals surface area contributed by atoms with Crippen molar-refractivity contribution < 1.29 is 8.42 Å². The monoisotopic (exact) mass is 246 g/mol. The molecule has 1 atom stereocenters. The summed E-state index contributed by atoms with van der Waals surface area (Å²) < 4.78 is 23.9. The molecule has 1 N–H and O–H groups in total. The quantitative estimate of drug-likeness (QED) is 0.753. The van der Waals surface area contributed by atoms with Crippen LogP contribution in [0.3, 0.4) is 0 Å². The molecule has 0 bridgehead atoms. The van der Waals surface area contributed by atoms with Crippen molar-refractivity contribution in [1.82, 2.24) is 20.1 Å². The van der Waals surface area contributed by atoms with Gasteiger partial charge in [-0.25, -0.2) is 18.1 Å². The van der Waals surface area contributed by atoms with E-state index in [4.69, 9.17) is 0 Å². The molecule has 1 aromatic heterocycles. The lowest BCUT2D eigenvalue weighted by atomic mass is 10.4. The molecule has 7 heteroatoms. The van der Waals surface area contributed by atoms with Crippen molar-refractivity contribution in [2.75, 3.05) is 12.0 Å². The molecule has 16 heavy (non-hydrogen) atoms. The molecule has 1 heterocycles. The summed E-state index contributed by atoms with van der Waals surface area (Å²) in [4.78, 5) is 4.10. The van der Waals surface area contributed by atoms with E-state index in [0.29, 0.717) is 6.54 Å². The molecule has 0 fully saturated rings. The number of hydrogen-bond donors (Lipinski definition) is 1. The molecule has 6 nitrogen and oxygen atoms in total. The fourth-order valence-electron chi connectivity index (χ4n) is 1.47. The van der Waals surface area contributed by atoms with Gasteiger partial charge in [0.1, 0.15) is 22.0 Å². The summed E-state index contributed by atoms with van der Waals surface area (Å²) in [6.45, 7) is 5.12. The maximum absolute atomic E-state index is 11.1. The van der Waals surface area contributed by atoms with E-state index in [-0.39, 0.29) is 11.8 Å². The third kappa shape index (κ3) is 4.28. The van der Waals surface area contributed by atoms with Crippen LogP contribution in [0.25, 0.3) is 0 Å². The summed E-state index contributed by atoms with van der Waals surface area (Å²) in [5, 5.41) is 7.15. The third-order valence-corrected chi connectivity index (χ3v) is 3.26. The van der Waals surface area contributed by atoms with Gasteiger partial charge in [-0.1, -0.05) is 0 Å². The fourth-order valence-corrected chi connectivity index (χ4v) is 2.49. The molecule has 0 aliphatic carbocycles. The SMILES string of the molecule is CCn1ncnc1CNC(C)CS(C)(=O)=O. The molecular weight excluding hydrogens is 228 g/mol. The van der Waals surface area contributed by atoms with Gasteiger partial charge in [0, 0.05) is 18.8 Å². The Bertz CT molecular complexity index is 426. The normalized spacial score (nSPS) is 13.9. The van der Waals surface area contributed by atoms with Gasteiger partial charge in [-0.05, 0) is 13.8 Å². The van der Waals surface area contributed by atoms with E-state index in [2.05, 4.69) is 15.4 Å². The second-order valence-corrected chi connectivity index (χ2v) is 6.05. The van der Waals surface area contributed by atoms with E-state index in [9.17, 15) is 8.42 Å². The second-order valence-electron chi connectivity index (χ2n) is 3.87. The Labute approximate surface area is 96.0 Å². The average Bonchev–Trinajstić information content (AvgIpc) is 2.59. The van der Waals surface area contributed by atoms with Gasteiger partial charge in [0.05, 0.1) is 12.3 Å². The van der Waals surface area contributed by atoms with Crippen molar-refractivity contribution in [2.24, 2.45) is 0 Å². The van der Waals surface area contributed by atoms with Crippen molar-refractivity contribution in [3.05, 3.63) is 12.2 Å². The lowest BCUT2D eigenvalue weighted by Crippen LogP contribution is -2.33. The first-order valence-electron chi connectivity index (χ1n) is 5.20. The minimum Gasteiger partial charge on any atom is -0.306 e. The summed E-state index contributed by atoms with van der Waals surface area (Å²) in [7, 11) is -2.94. The molecule has 1 rings (SSSR count). The van der Waals surface area contributed by atoms with Gasteiger partial charge in [0.25, 0.3) is 0 Å². The Hall–Kier alpha value is -0.950. The highest BCUT2D eigenvalue weighted by molar-refractivity contribution is 7.90. The Morgan fingerprint density at radius 3 is 2.81 bits per heavy atom. The van der Waals surface area contributed by atoms with Gasteiger partial charge in [0.2, 0.25) is 0 Å². The lowest BCUT2D eigenvalue weighted by Gasteiger charge is -2.12. The van der Waals surface area contributed by atoms with Gasteiger partial charge in [0.15, 0.2) is 0 Å². The van der Waals surface area contributed by atoms with Crippen LogP contribution in [0.4, 0.5) is 0 Å². The minimum absolute atomic E-state index is 0.0861. The van der Waals surface area contributed by atoms with Crippen molar-refractivity contribution >= 4 is 9.84 Å². The standard InChI is InChI=1S/C9H18N4O2S/c1-4-13-9(11-7-12-13)5-10-8(2)6-16(3,14)15/h7-8,10H,4-6H2,1-3H3. The van der Waals surface area contributed by atoms with E-state index < -0.39 is 9.84 Å². The molecule has 0 saturated carbocycles. The number of sulfone groups is 1. The van der Waals surface area contributed by atoms with Crippen LogP contribution in [0.5, 0.6) is 0 Å². The summed E-state index contributed by atoms with van der Waals surface area (Å²) in [5.74, 6) is 0.954. The first kappa shape index (κ1) is 13.1. The average molecular weight is 246 g/mol. The van der Waals surface area contributed by atoms with E-state index in [1.165, 1.54) is 12.6 Å². The van der Waals surface area contributed by atoms with E-state index in [1.54, 1.807) is 4.68 Å². The zero-order valence-corrected chi connectivity index (χ0v) is 10.7. The number of hydrogen-bond acceptors (Lipinski definition) is 5. The highest BCUT2D eigenvalue weighted by atomic mass is 32.2.